The van der Waals surface area contributed by atoms with E-state index in [0.717, 1.165) is 19.4 Å². The van der Waals surface area contributed by atoms with Crippen LogP contribution in [0.3, 0.4) is 0 Å². The molecule has 2 aromatic rings. The van der Waals surface area contributed by atoms with Gasteiger partial charge in [0.2, 0.25) is 5.88 Å². The second kappa shape index (κ2) is 6.64. The molecule has 1 aromatic carbocycles. The van der Waals surface area contributed by atoms with E-state index >= 15 is 0 Å². The van der Waals surface area contributed by atoms with Crippen LogP contribution in [0.2, 0.25) is 0 Å². The predicted molar refractivity (Wildman–Crippen MR) is 78.5 cm³/mol. The van der Waals surface area contributed by atoms with Crippen LogP contribution in [0.15, 0.2) is 42.5 Å². The second-order valence-electron chi connectivity index (χ2n) is 4.31. The van der Waals surface area contributed by atoms with E-state index in [1.807, 2.05) is 6.07 Å². The minimum atomic E-state index is 0.569. The van der Waals surface area contributed by atoms with Crippen LogP contribution < -0.4 is 15.8 Å². The van der Waals surface area contributed by atoms with Crippen LogP contribution in [-0.4, -0.2) is 18.6 Å². The highest BCUT2D eigenvalue weighted by atomic mass is 16.5. The van der Waals surface area contributed by atoms with Gasteiger partial charge in [0.25, 0.3) is 0 Å². The van der Waals surface area contributed by atoms with E-state index in [2.05, 4.69) is 34.6 Å². The van der Waals surface area contributed by atoms with Crippen LogP contribution in [0.4, 0.5) is 11.5 Å². The van der Waals surface area contributed by atoms with E-state index in [1.165, 1.54) is 5.56 Å². The molecule has 0 radical (unpaired) electrons. The average molecular weight is 257 g/mol. The van der Waals surface area contributed by atoms with Crippen LogP contribution in [-0.2, 0) is 6.42 Å². The van der Waals surface area contributed by atoms with E-state index in [9.17, 15) is 0 Å². The van der Waals surface area contributed by atoms with Gasteiger partial charge in [-0.3, -0.25) is 0 Å². The monoisotopic (exact) mass is 257 g/mol. The summed E-state index contributed by atoms with van der Waals surface area (Å²) in [4.78, 5) is 4.28. The summed E-state index contributed by atoms with van der Waals surface area (Å²) in [6.45, 7) is 0.833. The van der Waals surface area contributed by atoms with Crippen molar-refractivity contribution in [2.45, 2.75) is 12.8 Å². The van der Waals surface area contributed by atoms with Crippen LogP contribution in [0, 0.1) is 0 Å². The molecule has 3 N–H and O–H groups in total. The Morgan fingerprint density at radius 1 is 1.16 bits per heavy atom. The lowest BCUT2D eigenvalue weighted by Crippen LogP contribution is -2.07. The molecule has 0 saturated heterocycles. The van der Waals surface area contributed by atoms with E-state index < -0.39 is 0 Å². The number of nitrogens with one attached hydrogen (secondary N) is 1. The highest BCUT2D eigenvalue weighted by molar-refractivity contribution is 5.61. The number of pyridine rings is 1. The van der Waals surface area contributed by atoms with Crippen LogP contribution in [0.25, 0.3) is 0 Å². The smallest absolute Gasteiger partial charge is 0.215 e. The van der Waals surface area contributed by atoms with Crippen LogP contribution in [0.5, 0.6) is 5.88 Å². The van der Waals surface area contributed by atoms with Crippen molar-refractivity contribution < 1.29 is 4.74 Å². The standard InChI is InChI=1S/C15H19N3O/c1-19-14-10-9-13(16)15(18-14)17-11-5-8-12-6-3-2-4-7-12/h2-4,6-7,9-10H,5,8,11,16H2,1H3,(H,17,18). The normalized spacial score (nSPS) is 10.2. The van der Waals surface area contributed by atoms with Crippen molar-refractivity contribution in [2.24, 2.45) is 0 Å². The fourth-order valence-electron chi connectivity index (χ4n) is 1.85. The van der Waals surface area contributed by atoms with Crippen molar-refractivity contribution in [3.8, 4) is 5.88 Å². The van der Waals surface area contributed by atoms with Crippen molar-refractivity contribution in [3.05, 3.63) is 48.0 Å². The Hall–Kier alpha value is -2.23. The Morgan fingerprint density at radius 2 is 1.95 bits per heavy atom. The molecule has 0 fully saturated rings. The maximum atomic E-state index is 5.86. The third kappa shape index (κ3) is 3.88. The fraction of sp³-hybridized carbons (Fsp3) is 0.267. The number of nitrogens with two attached hydrogens (primary N) is 1. The lowest BCUT2D eigenvalue weighted by Gasteiger charge is -2.09. The van der Waals surface area contributed by atoms with Crippen LogP contribution >= 0.6 is 0 Å². The van der Waals surface area contributed by atoms with Gasteiger partial charge in [-0.1, -0.05) is 30.3 Å². The number of aromatic nitrogens is 1. The fourth-order valence-corrected chi connectivity index (χ4v) is 1.85. The molecule has 0 aliphatic heterocycles. The summed E-state index contributed by atoms with van der Waals surface area (Å²) >= 11 is 0. The number of hydrogen-bond donors (Lipinski definition) is 2. The highest BCUT2D eigenvalue weighted by Gasteiger charge is 2.02. The van der Waals surface area contributed by atoms with Gasteiger partial charge in [-0.15, -0.1) is 0 Å². The maximum absolute atomic E-state index is 5.86. The summed E-state index contributed by atoms with van der Waals surface area (Å²) in [5.41, 5.74) is 7.84. The van der Waals surface area contributed by atoms with Crippen molar-refractivity contribution in [2.75, 3.05) is 24.7 Å². The molecule has 0 spiro atoms. The first kappa shape index (κ1) is 13.2. The Kier molecular flexibility index (Phi) is 4.61. The molecule has 0 saturated carbocycles. The molecule has 19 heavy (non-hydrogen) atoms. The number of nitrogen functional groups attached to an aromatic ring is 1. The summed E-state index contributed by atoms with van der Waals surface area (Å²) in [7, 11) is 1.59. The minimum absolute atomic E-state index is 0.569. The molecule has 1 heterocycles. The molecule has 0 bridgehead atoms. The molecular formula is C15H19N3O. The number of methoxy groups -OCH3 is 1. The number of aryl methyl sites for hydroxylation is 1. The first-order valence-electron chi connectivity index (χ1n) is 6.38. The van der Waals surface area contributed by atoms with Gasteiger partial charge in [0.1, 0.15) is 0 Å². The third-order valence-electron chi connectivity index (χ3n) is 2.89. The SMILES string of the molecule is COc1ccc(N)c(NCCCc2ccccc2)n1. The van der Waals surface area contributed by atoms with Crippen molar-refractivity contribution >= 4 is 11.5 Å². The molecule has 0 aliphatic carbocycles. The molecule has 100 valence electrons. The molecule has 0 aliphatic rings. The second-order valence-corrected chi connectivity index (χ2v) is 4.31. The van der Waals surface area contributed by atoms with Crippen molar-refractivity contribution in [1.82, 2.24) is 4.98 Å². The molecule has 4 nitrogen and oxygen atoms in total. The number of ether oxygens (including phenoxy) is 1. The zero-order chi connectivity index (χ0) is 13.5. The Morgan fingerprint density at radius 3 is 2.68 bits per heavy atom. The molecule has 1 aromatic heterocycles. The molecule has 0 atom stereocenters. The topological polar surface area (TPSA) is 60.2 Å². The Bertz CT molecular complexity index is 514. The first-order valence-corrected chi connectivity index (χ1v) is 6.38. The summed E-state index contributed by atoms with van der Waals surface area (Å²) in [6.07, 6.45) is 2.07. The zero-order valence-corrected chi connectivity index (χ0v) is 11.1. The first-order chi connectivity index (χ1) is 9.29. The van der Waals surface area contributed by atoms with Gasteiger partial charge in [0, 0.05) is 12.6 Å². The third-order valence-corrected chi connectivity index (χ3v) is 2.89. The van der Waals surface area contributed by atoms with Gasteiger partial charge in [-0.25, -0.2) is 0 Å². The number of nitrogens with zero attached hydrogens (tertiary/aromatic N) is 1. The van der Waals surface area contributed by atoms with E-state index in [-0.39, 0.29) is 0 Å². The Balaban J connectivity index is 1.82. The maximum Gasteiger partial charge on any atom is 0.215 e. The van der Waals surface area contributed by atoms with E-state index in [0.29, 0.717) is 17.4 Å². The largest absolute Gasteiger partial charge is 0.481 e. The van der Waals surface area contributed by atoms with Gasteiger partial charge in [-0.2, -0.15) is 4.98 Å². The van der Waals surface area contributed by atoms with Gasteiger partial charge in [0.15, 0.2) is 5.82 Å². The summed E-state index contributed by atoms with van der Waals surface area (Å²) < 4.78 is 5.08. The van der Waals surface area contributed by atoms with Crippen molar-refractivity contribution in [3.63, 3.8) is 0 Å². The zero-order valence-electron chi connectivity index (χ0n) is 11.1. The lowest BCUT2D eigenvalue weighted by molar-refractivity contribution is 0.398. The van der Waals surface area contributed by atoms with Gasteiger partial charge >= 0.3 is 0 Å². The van der Waals surface area contributed by atoms with E-state index in [4.69, 9.17) is 10.5 Å². The predicted octanol–water partition coefficient (Wildman–Crippen LogP) is 2.72. The quantitative estimate of drug-likeness (QED) is 0.781. The number of anilines is 2. The minimum Gasteiger partial charge on any atom is -0.481 e. The summed E-state index contributed by atoms with van der Waals surface area (Å²) in [5, 5.41) is 3.24. The molecule has 2 rings (SSSR count). The summed E-state index contributed by atoms with van der Waals surface area (Å²) in [5.74, 6) is 1.26. The summed E-state index contributed by atoms with van der Waals surface area (Å²) in [6, 6.07) is 14.0. The average Bonchev–Trinajstić information content (AvgIpc) is 2.46. The van der Waals surface area contributed by atoms with Gasteiger partial charge in [-0.05, 0) is 24.5 Å². The number of rotatable bonds is 6. The van der Waals surface area contributed by atoms with Crippen LogP contribution in [0.1, 0.15) is 12.0 Å². The van der Waals surface area contributed by atoms with Gasteiger partial charge < -0.3 is 15.8 Å². The molecule has 0 amide bonds. The number of hydrogen-bond acceptors (Lipinski definition) is 4. The van der Waals surface area contributed by atoms with Crippen molar-refractivity contribution in [1.29, 1.82) is 0 Å². The molecular weight excluding hydrogens is 238 g/mol. The highest BCUT2D eigenvalue weighted by Crippen LogP contribution is 2.19. The number of benzene rings is 1. The van der Waals surface area contributed by atoms with Gasteiger partial charge in [0.05, 0.1) is 12.8 Å². The Labute approximate surface area is 113 Å². The molecule has 0 unspecified atom stereocenters. The lowest BCUT2D eigenvalue weighted by atomic mass is 10.1. The molecule has 4 heteroatoms. The van der Waals surface area contributed by atoms with E-state index in [1.54, 1.807) is 19.2 Å².